The number of nitrogens with zero attached hydrogens (tertiary/aromatic N) is 2. The molecule has 0 saturated carbocycles. The Morgan fingerprint density at radius 1 is 1.27 bits per heavy atom. The Kier molecular flexibility index (Phi) is 4.62. The Bertz CT molecular complexity index is 736. The summed E-state index contributed by atoms with van der Waals surface area (Å²) in [5.74, 6) is 0. The summed E-state index contributed by atoms with van der Waals surface area (Å²) in [6.07, 6.45) is 5.98. The van der Waals surface area contributed by atoms with E-state index in [2.05, 4.69) is 46.1 Å². The molecule has 22 heavy (non-hydrogen) atoms. The molecule has 3 aromatic rings. The van der Waals surface area contributed by atoms with Gasteiger partial charge in [0.05, 0.1) is 5.69 Å². The van der Waals surface area contributed by atoms with E-state index in [1.54, 1.807) is 0 Å². The Hall–Kier alpha value is -1.62. The third-order valence-electron chi connectivity index (χ3n) is 4.00. The van der Waals surface area contributed by atoms with Crippen LogP contribution in [-0.4, -0.2) is 16.3 Å². The first-order valence-electron chi connectivity index (χ1n) is 7.29. The van der Waals surface area contributed by atoms with Gasteiger partial charge in [0.15, 0.2) is 0 Å². The lowest BCUT2D eigenvalue weighted by molar-refractivity contribution is 0.512. The summed E-state index contributed by atoms with van der Waals surface area (Å²) in [6.45, 7) is 1.08. The van der Waals surface area contributed by atoms with Gasteiger partial charge in [-0.2, -0.15) is 5.10 Å². The molecule has 3 heterocycles. The highest BCUT2D eigenvalue weighted by Crippen LogP contribution is 2.30. The van der Waals surface area contributed by atoms with E-state index in [9.17, 15) is 0 Å². The zero-order valence-corrected chi connectivity index (χ0v) is 13.7. The fourth-order valence-corrected chi connectivity index (χ4v) is 4.01. The molecule has 0 bridgehead atoms. The number of aromatic nitrogens is 2. The number of rotatable bonds is 3. The van der Waals surface area contributed by atoms with Crippen LogP contribution in [0.5, 0.6) is 0 Å². The molecule has 1 unspecified atom stereocenters. The molecule has 0 fully saturated rings. The standard InChI is InChI=1S/C17H17N3S.ClH/c1-3-13(11-15(4-1)20-9-2-7-19-20)12-16-17-14(5-8-18-16)6-10-21-17;/h1-4,6-7,9-11,16,18H,5,8,12H2;1H. The number of thiophene rings is 1. The summed E-state index contributed by atoms with van der Waals surface area (Å²) in [5, 5.41) is 10.2. The molecule has 0 spiro atoms. The van der Waals surface area contributed by atoms with Crippen LogP contribution in [0.4, 0.5) is 0 Å². The lowest BCUT2D eigenvalue weighted by Crippen LogP contribution is -2.29. The smallest absolute Gasteiger partial charge is 0.0648 e. The number of benzene rings is 1. The first-order valence-corrected chi connectivity index (χ1v) is 8.17. The number of halogens is 1. The Balaban J connectivity index is 0.00000144. The summed E-state index contributed by atoms with van der Waals surface area (Å²) in [4.78, 5) is 1.51. The summed E-state index contributed by atoms with van der Waals surface area (Å²) in [5.41, 5.74) is 3.99. The molecule has 0 saturated heterocycles. The first kappa shape index (κ1) is 15.3. The van der Waals surface area contributed by atoms with E-state index in [-0.39, 0.29) is 12.4 Å². The van der Waals surface area contributed by atoms with Crippen molar-refractivity contribution in [2.45, 2.75) is 18.9 Å². The predicted octanol–water partition coefficient (Wildman–Crippen LogP) is 3.79. The highest BCUT2D eigenvalue weighted by molar-refractivity contribution is 7.10. The minimum atomic E-state index is 0. The minimum Gasteiger partial charge on any atom is -0.309 e. The third-order valence-corrected chi connectivity index (χ3v) is 5.07. The molecule has 3 nitrogen and oxygen atoms in total. The fraction of sp³-hybridized carbons (Fsp3) is 0.235. The lowest BCUT2D eigenvalue weighted by Gasteiger charge is -2.24. The van der Waals surface area contributed by atoms with Gasteiger partial charge in [-0.25, -0.2) is 4.68 Å². The topological polar surface area (TPSA) is 29.9 Å². The van der Waals surface area contributed by atoms with Crippen molar-refractivity contribution in [3.8, 4) is 5.69 Å². The second-order valence-electron chi connectivity index (χ2n) is 5.39. The maximum atomic E-state index is 4.31. The van der Waals surface area contributed by atoms with Crippen LogP contribution in [-0.2, 0) is 12.8 Å². The van der Waals surface area contributed by atoms with E-state index in [1.807, 2.05) is 34.5 Å². The zero-order valence-electron chi connectivity index (χ0n) is 12.1. The van der Waals surface area contributed by atoms with Crippen molar-refractivity contribution in [2.75, 3.05) is 6.54 Å². The second-order valence-corrected chi connectivity index (χ2v) is 6.34. The van der Waals surface area contributed by atoms with Gasteiger partial charge in [-0.1, -0.05) is 12.1 Å². The van der Waals surface area contributed by atoms with Gasteiger partial charge < -0.3 is 5.32 Å². The van der Waals surface area contributed by atoms with Crippen molar-refractivity contribution < 1.29 is 0 Å². The number of hydrogen-bond acceptors (Lipinski definition) is 3. The van der Waals surface area contributed by atoms with E-state index >= 15 is 0 Å². The molecule has 1 aliphatic heterocycles. The van der Waals surface area contributed by atoms with Crippen LogP contribution in [0.25, 0.3) is 5.69 Å². The van der Waals surface area contributed by atoms with Crippen LogP contribution in [0.1, 0.15) is 22.0 Å². The molecule has 2 aromatic heterocycles. The molecule has 1 N–H and O–H groups in total. The molecule has 4 rings (SSSR count). The van der Waals surface area contributed by atoms with Gasteiger partial charge in [0.2, 0.25) is 0 Å². The van der Waals surface area contributed by atoms with E-state index in [1.165, 1.54) is 16.0 Å². The SMILES string of the molecule is Cl.c1cc(CC2NCCc3ccsc32)cc(-n2cccn2)c1. The van der Waals surface area contributed by atoms with Crippen LogP contribution < -0.4 is 5.32 Å². The van der Waals surface area contributed by atoms with Gasteiger partial charge in [-0.15, -0.1) is 23.7 Å². The van der Waals surface area contributed by atoms with Gasteiger partial charge in [0.25, 0.3) is 0 Å². The molecule has 1 aliphatic rings. The molecule has 114 valence electrons. The van der Waals surface area contributed by atoms with Crippen molar-refractivity contribution in [2.24, 2.45) is 0 Å². The van der Waals surface area contributed by atoms with Gasteiger partial charge in [0, 0.05) is 23.3 Å². The summed E-state index contributed by atoms with van der Waals surface area (Å²) in [6, 6.07) is 13.3. The average Bonchev–Trinajstić information content (AvgIpc) is 3.20. The number of hydrogen-bond donors (Lipinski definition) is 1. The van der Waals surface area contributed by atoms with E-state index in [0.29, 0.717) is 6.04 Å². The van der Waals surface area contributed by atoms with Crippen molar-refractivity contribution in [1.29, 1.82) is 0 Å². The normalized spacial score (nSPS) is 16.8. The predicted molar refractivity (Wildman–Crippen MR) is 93.3 cm³/mol. The summed E-state index contributed by atoms with van der Waals surface area (Å²) < 4.78 is 1.91. The molecular formula is C17H18ClN3S. The van der Waals surface area contributed by atoms with Crippen molar-refractivity contribution in [3.63, 3.8) is 0 Å². The minimum absolute atomic E-state index is 0. The molecular weight excluding hydrogens is 314 g/mol. The molecule has 1 aromatic carbocycles. The van der Waals surface area contributed by atoms with E-state index in [0.717, 1.165) is 25.1 Å². The van der Waals surface area contributed by atoms with Crippen molar-refractivity contribution in [1.82, 2.24) is 15.1 Å². The third kappa shape index (κ3) is 2.95. The largest absolute Gasteiger partial charge is 0.309 e. The highest BCUT2D eigenvalue weighted by atomic mass is 35.5. The molecule has 0 amide bonds. The fourth-order valence-electron chi connectivity index (χ4n) is 2.98. The Morgan fingerprint density at radius 3 is 3.09 bits per heavy atom. The summed E-state index contributed by atoms with van der Waals surface area (Å²) in [7, 11) is 0. The van der Waals surface area contributed by atoms with Gasteiger partial charge in [0.1, 0.15) is 0 Å². The van der Waals surface area contributed by atoms with Crippen LogP contribution >= 0.6 is 23.7 Å². The number of fused-ring (bicyclic) bond motifs is 1. The van der Waals surface area contributed by atoms with Gasteiger partial charge in [-0.3, -0.25) is 0 Å². The monoisotopic (exact) mass is 331 g/mol. The highest BCUT2D eigenvalue weighted by Gasteiger charge is 2.21. The molecule has 0 aliphatic carbocycles. The first-order chi connectivity index (χ1) is 10.4. The molecule has 1 atom stereocenters. The van der Waals surface area contributed by atoms with Crippen LogP contribution in [0, 0.1) is 0 Å². The van der Waals surface area contributed by atoms with Crippen LogP contribution in [0.2, 0.25) is 0 Å². The van der Waals surface area contributed by atoms with E-state index < -0.39 is 0 Å². The van der Waals surface area contributed by atoms with Gasteiger partial charge in [-0.05, 0) is 60.2 Å². The van der Waals surface area contributed by atoms with Crippen molar-refractivity contribution in [3.05, 3.63) is 70.2 Å². The zero-order chi connectivity index (χ0) is 14.1. The molecule has 0 radical (unpaired) electrons. The maximum Gasteiger partial charge on any atom is 0.0648 e. The Morgan fingerprint density at radius 2 is 2.23 bits per heavy atom. The average molecular weight is 332 g/mol. The number of nitrogens with one attached hydrogen (secondary N) is 1. The second kappa shape index (κ2) is 6.65. The lowest BCUT2D eigenvalue weighted by atomic mass is 9.97. The summed E-state index contributed by atoms with van der Waals surface area (Å²) >= 11 is 1.87. The van der Waals surface area contributed by atoms with Crippen LogP contribution in [0.3, 0.4) is 0 Å². The quantitative estimate of drug-likeness (QED) is 0.791. The maximum absolute atomic E-state index is 4.31. The Labute approximate surface area is 140 Å². The van der Waals surface area contributed by atoms with Crippen molar-refractivity contribution >= 4 is 23.7 Å². The molecule has 5 heteroatoms. The van der Waals surface area contributed by atoms with Crippen LogP contribution in [0.15, 0.2) is 54.2 Å². The van der Waals surface area contributed by atoms with Gasteiger partial charge >= 0.3 is 0 Å². The van der Waals surface area contributed by atoms with E-state index in [4.69, 9.17) is 0 Å².